The van der Waals surface area contributed by atoms with Crippen molar-refractivity contribution in [1.29, 1.82) is 5.26 Å². The summed E-state index contributed by atoms with van der Waals surface area (Å²) in [5.74, 6) is 0.0917. The van der Waals surface area contributed by atoms with Crippen LogP contribution in [-0.2, 0) is 14.0 Å². The van der Waals surface area contributed by atoms with Gasteiger partial charge in [-0.25, -0.2) is 0 Å². The van der Waals surface area contributed by atoms with Crippen LogP contribution in [-0.4, -0.2) is 26.5 Å². The summed E-state index contributed by atoms with van der Waals surface area (Å²) in [6.07, 6.45) is 3.59. The second-order valence-corrected chi connectivity index (χ2v) is 15.4. The van der Waals surface area contributed by atoms with E-state index in [9.17, 15) is 10.1 Å². The zero-order valence-electron chi connectivity index (χ0n) is 19.3. The Bertz CT molecular complexity index is 687. The summed E-state index contributed by atoms with van der Waals surface area (Å²) in [6, 6.07) is 2.17. The number of hydrogen-bond acceptors (Lipinski definition) is 4. The minimum absolute atomic E-state index is 0.000529. The van der Waals surface area contributed by atoms with Crippen molar-refractivity contribution in [3.63, 3.8) is 0 Å². The molecule has 1 aliphatic heterocycles. The number of rotatable bonds is 7. The van der Waals surface area contributed by atoms with Crippen LogP contribution in [0.4, 0.5) is 0 Å². The van der Waals surface area contributed by atoms with Gasteiger partial charge < -0.3 is 9.16 Å². The Morgan fingerprint density at radius 1 is 1.41 bits per heavy atom. The van der Waals surface area contributed by atoms with Crippen LogP contribution < -0.4 is 0 Å². The fourth-order valence-electron chi connectivity index (χ4n) is 4.91. The maximum atomic E-state index is 12.6. The molecule has 1 heterocycles. The van der Waals surface area contributed by atoms with E-state index in [0.29, 0.717) is 6.42 Å². The molecule has 5 heteroatoms. The summed E-state index contributed by atoms with van der Waals surface area (Å²) < 4.78 is 12.8. The molecule has 1 saturated heterocycles. The summed E-state index contributed by atoms with van der Waals surface area (Å²) in [6.45, 7) is 23.8. The highest BCUT2D eigenvalue weighted by atomic mass is 28.4. The van der Waals surface area contributed by atoms with Gasteiger partial charge in [0.15, 0.2) is 8.32 Å². The van der Waals surface area contributed by atoms with Crippen molar-refractivity contribution in [1.82, 2.24) is 0 Å². The van der Waals surface area contributed by atoms with E-state index in [-0.39, 0.29) is 59.2 Å². The van der Waals surface area contributed by atoms with E-state index >= 15 is 0 Å². The van der Waals surface area contributed by atoms with E-state index in [0.717, 1.165) is 12.0 Å². The SMILES string of the molecule is C=CC[C@@H]1[C@@H]([C@H]2[C@H](C)[C@H](O[Si](C)(C)C(C)(C)C)C[C@H]2C(=C)C)OC(=O)[C@H]1CC#N. The van der Waals surface area contributed by atoms with Crippen molar-refractivity contribution >= 4 is 14.3 Å². The number of ether oxygens (including phenoxy) is 1. The predicted octanol–water partition coefficient (Wildman–Crippen LogP) is 5.87. The van der Waals surface area contributed by atoms with Crippen molar-refractivity contribution in [2.75, 3.05) is 0 Å². The van der Waals surface area contributed by atoms with E-state index in [1.54, 1.807) is 0 Å². The van der Waals surface area contributed by atoms with Gasteiger partial charge >= 0.3 is 5.97 Å². The van der Waals surface area contributed by atoms with Gasteiger partial charge in [-0.2, -0.15) is 5.26 Å². The van der Waals surface area contributed by atoms with E-state index in [2.05, 4.69) is 66.9 Å². The first-order valence-electron chi connectivity index (χ1n) is 10.9. The van der Waals surface area contributed by atoms with Crippen LogP contribution in [0.15, 0.2) is 24.8 Å². The molecule has 162 valence electrons. The third kappa shape index (κ3) is 4.69. The van der Waals surface area contributed by atoms with Gasteiger partial charge in [-0.15, -0.1) is 6.58 Å². The van der Waals surface area contributed by atoms with Crippen LogP contribution in [0.1, 0.15) is 53.9 Å². The first-order valence-corrected chi connectivity index (χ1v) is 13.8. The molecule has 1 aliphatic carbocycles. The smallest absolute Gasteiger partial charge is 0.310 e. The molecule has 2 fully saturated rings. The average Bonchev–Trinajstić information content (AvgIpc) is 3.06. The van der Waals surface area contributed by atoms with Crippen molar-refractivity contribution in [3.8, 4) is 6.07 Å². The van der Waals surface area contributed by atoms with E-state index < -0.39 is 8.32 Å². The molecule has 0 radical (unpaired) electrons. The Morgan fingerprint density at radius 2 is 2.03 bits per heavy atom. The zero-order valence-corrected chi connectivity index (χ0v) is 20.3. The van der Waals surface area contributed by atoms with Gasteiger partial charge in [-0.05, 0) is 49.7 Å². The zero-order chi connectivity index (χ0) is 22.1. The molecular weight excluding hydrogens is 378 g/mol. The Labute approximate surface area is 178 Å². The maximum absolute atomic E-state index is 12.6. The van der Waals surface area contributed by atoms with E-state index in [1.165, 1.54) is 0 Å². The monoisotopic (exact) mass is 417 g/mol. The fraction of sp³-hybridized carbons (Fsp3) is 0.750. The van der Waals surface area contributed by atoms with E-state index in [1.807, 2.05) is 6.08 Å². The second-order valence-electron chi connectivity index (χ2n) is 10.6. The lowest BCUT2D eigenvalue weighted by atomic mass is 9.73. The Kier molecular flexibility index (Phi) is 7.23. The molecule has 7 atom stereocenters. The lowest BCUT2D eigenvalue weighted by Crippen LogP contribution is -2.45. The molecule has 0 unspecified atom stereocenters. The van der Waals surface area contributed by atoms with Crippen LogP contribution in [0, 0.1) is 40.9 Å². The third-order valence-corrected chi connectivity index (χ3v) is 12.2. The molecular formula is C24H39NO3Si. The largest absolute Gasteiger partial charge is 0.461 e. The van der Waals surface area contributed by atoms with Crippen molar-refractivity contribution < 1.29 is 14.0 Å². The first kappa shape index (κ1) is 23.9. The predicted molar refractivity (Wildman–Crippen MR) is 120 cm³/mol. The average molecular weight is 418 g/mol. The molecule has 2 aliphatic rings. The molecule has 0 aromatic carbocycles. The van der Waals surface area contributed by atoms with Crippen LogP contribution in [0.2, 0.25) is 18.1 Å². The summed E-state index contributed by atoms with van der Waals surface area (Å²) in [5.41, 5.74) is 1.13. The van der Waals surface area contributed by atoms with Gasteiger partial charge in [0.05, 0.1) is 12.0 Å². The lowest BCUT2D eigenvalue weighted by molar-refractivity contribution is -0.147. The summed E-state index contributed by atoms with van der Waals surface area (Å²) in [4.78, 5) is 12.6. The molecule has 0 amide bonds. The Balaban J connectivity index is 2.34. The number of cyclic esters (lactones) is 1. The van der Waals surface area contributed by atoms with Crippen LogP contribution in [0.25, 0.3) is 0 Å². The summed E-state index contributed by atoms with van der Waals surface area (Å²) >= 11 is 0. The van der Waals surface area contributed by atoms with E-state index in [4.69, 9.17) is 9.16 Å². The Hall–Kier alpha value is -1.38. The van der Waals surface area contributed by atoms with Gasteiger partial charge in [0.25, 0.3) is 0 Å². The van der Waals surface area contributed by atoms with Gasteiger partial charge in [0.2, 0.25) is 0 Å². The van der Waals surface area contributed by atoms with Crippen LogP contribution in [0.5, 0.6) is 0 Å². The maximum Gasteiger partial charge on any atom is 0.310 e. The van der Waals surface area contributed by atoms with Crippen molar-refractivity contribution in [2.45, 2.75) is 84.2 Å². The summed E-state index contributed by atoms with van der Waals surface area (Å²) in [5, 5.41) is 9.35. The molecule has 0 N–H and O–H groups in total. The number of nitrogens with zero attached hydrogens (tertiary/aromatic N) is 1. The molecule has 0 aromatic heterocycles. The molecule has 0 spiro atoms. The van der Waals surface area contributed by atoms with Crippen molar-refractivity contribution in [2.24, 2.45) is 29.6 Å². The number of esters is 1. The number of carbonyl (C=O) groups excluding carboxylic acids is 1. The van der Waals surface area contributed by atoms with Gasteiger partial charge in [0, 0.05) is 24.4 Å². The molecule has 0 aromatic rings. The highest BCUT2D eigenvalue weighted by Gasteiger charge is 2.55. The first-order chi connectivity index (χ1) is 13.4. The number of nitriles is 1. The quantitative estimate of drug-likeness (QED) is 0.295. The highest BCUT2D eigenvalue weighted by Crippen LogP contribution is 2.52. The highest BCUT2D eigenvalue weighted by molar-refractivity contribution is 6.74. The number of allylic oxidation sites excluding steroid dienone is 2. The minimum Gasteiger partial charge on any atom is -0.461 e. The number of hydrogen-bond donors (Lipinski definition) is 0. The van der Waals surface area contributed by atoms with Gasteiger partial charge in [-0.1, -0.05) is 45.9 Å². The van der Waals surface area contributed by atoms with Gasteiger partial charge in [0.1, 0.15) is 6.10 Å². The summed E-state index contributed by atoms with van der Waals surface area (Å²) in [7, 11) is -1.91. The second kappa shape index (κ2) is 8.77. The number of carbonyl (C=O) groups is 1. The third-order valence-electron chi connectivity index (χ3n) is 7.65. The van der Waals surface area contributed by atoms with Gasteiger partial charge in [-0.3, -0.25) is 4.79 Å². The molecule has 1 saturated carbocycles. The minimum atomic E-state index is -1.91. The normalized spacial score (nSPS) is 35.2. The van der Waals surface area contributed by atoms with Crippen LogP contribution in [0.3, 0.4) is 0 Å². The molecule has 0 bridgehead atoms. The fourth-order valence-corrected chi connectivity index (χ4v) is 6.33. The lowest BCUT2D eigenvalue weighted by Gasteiger charge is -2.40. The van der Waals surface area contributed by atoms with Crippen molar-refractivity contribution in [3.05, 3.63) is 24.8 Å². The molecule has 29 heavy (non-hydrogen) atoms. The van der Waals surface area contributed by atoms with Crippen LogP contribution >= 0.6 is 0 Å². The molecule has 4 nitrogen and oxygen atoms in total. The Morgan fingerprint density at radius 3 is 2.52 bits per heavy atom. The standard InChI is InChI=1S/C24H39NO3Si/c1-10-11-17-18(12-13-25)23(26)27-22(17)21-16(4)20(14-19(21)15(2)3)28-29(8,9)24(5,6)7/h10,16-22H,1-2,11-12,14H2,3-9H3/t16-,17+,18+,19+,20-,21+,22+/m1/s1. The topological polar surface area (TPSA) is 59.3 Å². The molecule has 2 rings (SSSR count).